The Labute approximate surface area is 95.8 Å². The van der Waals surface area contributed by atoms with E-state index in [0.717, 1.165) is 36.1 Å². The van der Waals surface area contributed by atoms with Gasteiger partial charge in [0.15, 0.2) is 0 Å². The fraction of sp³-hybridized carbons (Fsp3) is 1.00. The molecular formula is C14H29N. The molecule has 1 fully saturated rings. The second-order valence-corrected chi connectivity index (χ2v) is 6.42. The van der Waals surface area contributed by atoms with E-state index in [0.29, 0.717) is 5.41 Å². The summed E-state index contributed by atoms with van der Waals surface area (Å²) in [5, 5.41) is 0. The molecule has 0 aromatic heterocycles. The molecule has 0 spiro atoms. The van der Waals surface area contributed by atoms with Gasteiger partial charge in [-0.1, -0.05) is 41.5 Å². The Morgan fingerprint density at radius 3 is 1.93 bits per heavy atom. The highest BCUT2D eigenvalue weighted by molar-refractivity contribution is 5.10. The third kappa shape index (κ3) is 2.22. The molecule has 0 bridgehead atoms. The van der Waals surface area contributed by atoms with Gasteiger partial charge in [0.05, 0.1) is 0 Å². The summed E-state index contributed by atoms with van der Waals surface area (Å²) in [4.78, 5) is 0. The van der Waals surface area contributed by atoms with Gasteiger partial charge >= 0.3 is 0 Å². The molecule has 0 heterocycles. The van der Waals surface area contributed by atoms with Crippen molar-refractivity contribution in [1.82, 2.24) is 0 Å². The first-order valence-corrected chi connectivity index (χ1v) is 6.57. The maximum absolute atomic E-state index is 6.04. The minimum absolute atomic E-state index is 0.470. The zero-order valence-corrected chi connectivity index (χ0v) is 11.4. The van der Waals surface area contributed by atoms with E-state index in [-0.39, 0.29) is 0 Å². The Morgan fingerprint density at radius 2 is 1.67 bits per heavy atom. The molecule has 1 rings (SSSR count). The lowest BCUT2D eigenvalue weighted by Crippen LogP contribution is -2.24. The number of rotatable bonds is 5. The third-order valence-electron chi connectivity index (χ3n) is 4.94. The van der Waals surface area contributed by atoms with Crippen molar-refractivity contribution < 1.29 is 0 Å². The second kappa shape index (κ2) is 4.45. The molecule has 0 radical (unpaired) electrons. The smallest absolute Gasteiger partial charge is 0.00149 e. The molecule has 2 N–H and O–H groups in total. The summed E-state index contributed by atoms with van der Waals surface area (Å²) in [6.07, 6.45) is 1.32. The average Bonchev–Trinajstić information content (AvgIpc) is 2.71. The molecule has 90 valence electrons. The second-order valence-electron chi connectivity index (χ2n) is 6.42. The van der Waals surface area contributed by atoms with E-state index in [1.54, 1.807) is 0 Å². The van der Waals surface area contributed by atoms with Gasteiger partial charge in [0, 0.05) is 0 Å². The van der Waals surface area contributed by atoms with Gasteiger partial charge < -0.3 is 5.73 Å². The normalized spacial score (nSPS) is 37.4. The van der Waals surface area contributed by atoms with Crippen molar-refractivity contribution in [1.29, 1.82) is 0 Å². The van der Waals surface area contributed by atoms with Crippen LogP contribution in [0.5, 0.6) is 0 Å². The van der Waals surface area contributed by atoms with Crippen molar-refractivity contribution in [3.8, 4) is 0 Å². The molecule has 1 nitrogen and oxygen atoms in total. The lowest BCUT2D eigenvalue weighted by Gasteiger charge is -2.24. The Kier molecular flexibility index (Phi) is 3.86. The molecule has 0 aromatic rings. The molecule has 0 aliphatic heterocycles. The molecule has 3 unspecified atom stereocenters. The first-order valence-electron chi connectivity index (χ1n) is 6.57. The highest BCUT2D eigenvalue weighted by Gasteiger charge is 2.61. The SMILES string of the molecule is CC(C)C1C(C)C1(CN)C[C@H](C)C(C)C. The van der Waals surface area contributed by atoms with Crippen molar-refractivity contribution in [2.24, 2.45) is 40.7 Å². The maximum atomic E-state index is 6.04. The number of hydrogen-bond donors (Lipinski definition) is 1. The fourth-order valence-corrected chi connectivity index (χ4v) is 3.54. The van der Waals surface area contributed by atoms with Crippen LogP contribution < -0.4 is 5.73 Å². The molecular weight excluding hydrogens is 182 g/mol. The van der Waals surface area contributed by atoms with Crippen LogP contribution in [0.3, 0.4) is 0 Å². The van der Waals surface area contributed by atoms with Gasteiger partial charge in [-0.3, -0.25) is 0 Å². The summed E-state index contributed by atoms with van der Waals surface area (Å²) in [7, 11) is 0. The van der Waals surface area contributed by atoms with Crippen molar-refractivity contribution in [3.05, 3.63) is 0 Å². The first-order chi connectivity index (χ1) is 6.86. The van der Waals surface area contributed by atoms with E-state index >= 15 is 0 Å². The fourth-order valence-electron chi connectivity index (χ4n) is 3.54. The zero-order chi connectivity index (χ0) is 11.8. The summed E-state index contributed by atoms with van der Waals surface area (Å²) in [6, 6.07) is 0. The Morgan fingerprint density at radius 1 is 1.13 bits per heavy atom. The molecule has 0 aromatic carbocycles. The van der Waals surface area contributed by atoms with E-state index in [4.69, 9.17) is 5.73 Å². The molecule has 1 aliphatic carbocycles. The van der Waals surface area contributed by atoms with Crippen LogP contribution in [0.15, 0.2) is 0 Å². The van der Waals surface area contributed by atoms with Crippen molar-refractivity contribution in [3.63, 3.8) is 0 Å². The van der Waals surface area contributed by atoms with E-state index in [1.165, 1.54) is 6.42 Å². The highest BCUT2D eigenvalue weighted by atomic mass is 14.7. The van der Waals surface area contributed by atoms with E-state index in [2.05, 4.69) is 41.5 Å². The predicted molar refractivity (Wildman–Crippen MR) is 67.6 cm³/mol. The van der Waals surface area contributed by atoms with Crippen LogP contribution in [0.1, 0.15) is 48.0 Å². The van der Waals surface area contributed by atoms with E-state index < -0.39 is 0 Å². The van der Waals surface area contributed by atoms with Gasteiger partial charge in [0.25, 0.3) is 0 Å². The molecule has 1 heteroatoms. The van der Waals surface area contributed by atoms with Crippen LogP contribution in [0.4, 0.5) is 0 Å². The Balaban J connectivity index is 2.65. The third-order valence-corrected chi connectivity index (χ3v) is 4.94. The van der Waals surface area contributed by atoms with E-state index in [9.17, 15) is 0 Å². The van der Waals surface area contributed by atoms with Gasteiger partial charge in [0.2, 0.25) is 0 Å². The molecule has 1 aliphatic rings. The lowest BCUT2D eigenvalue weighted by atomic mass is 9.82. The van der Waals surface area contributed by atoms with Crippen LogP contribution in [-0.2, 0) is 0 Å². The van der Waals surface area contributed by atoms with Crippen molar-refractivity contribution in [2.75, 3.05) is 6.54 Å². The van der Waals surface area contributed by atoms with Gasteiger partial charge in [-0.25, -0.2) is 0 Å². The molecule has 4 atom stereocenters. The minimum Gasteiger partial charge on any atom is -0.330 e. The summed E-state index contributed by atoms with van der Waals surface area (Å²) in [6.45, 7) is 15.0. The molecule has 0 amide bonds. The largest absolute Gasteiger partial charge is 0.330 e. The van der Waals surface area contributed by atoms with Crippen LogP contribution in [-0.4, -0.2) is 6.54 Å². The van der Waals surface area contributed by atoms with Crippen LogP contribution in [0.25, 0.3) is 0 Å². The average molecular weight is 211 g/mol. The standard InChI is InChI=1S/C14H29N/c1-9(2)11(5)7-14(8-15)12(6)13(14)10(3)4/h9-13H,7-8,15H2,1-6H3/t11-,12?,13?,14?/m0/s1. The minimum atomic E-state index is 0.470. The molecule has 15 heavy (non-hydrogen) atoms. The van der Waals surface area contributed by atoms with Gasteiger partial charge in [-0.2, -0.15) is 0 Å². The first kappa shape index (κ1) is 13.0. The summed E-state index contributed by atoms with van der Waals surface area (Å²) < 4.78 is 0. The predicted octanol–water partition coefficient (Wildman–Crippen LogP) is 3.54. The Bertz CT molecular complexity index is 209. The quantitative estimate of drug-likeness (QED) is 0.739. The molecule has 1 saturated carbocycles. The van der Waals surface area contributed by atoms with Crippen molar-refractivity contribution in [2.45, 2.75) is 48.0 Å². The summed E-state index contributed by atoms with van der Waals surface area (Å²) >= 11 is 0. The van der Waals surface area contributed by atoms with E-state index in [1.807, 2.05) is 0 Å². The highest BCUT2D eigenvalue weighted by Crippen LogP contribution is 2.64. The van der Waals surface area contributed by atoms with Gasteiger partial charge in [-0.15, -0.1) is 0 Å². The zero-order valence-electron chi connectivity index (χ0n) is 11.4. The summed E-state index contributed by atoms with van der Waals surface area (Å²) in [5.41, 5.74) is 6.51. The summed E-state index contributed by atoms with van der Waals surface area (Å²) in [5.74, 6) is 4.09. The van der Waals surface area contributed by atoms with Crippen molar-refractivity contribution >= 4 is 0 Å². The number of hydrogen-bond acceptors (Lipinski definition) is 1. The Hall–Kier alpha value is -0.0400. The lowest BCUT2D eigenvalue weighted by molar-refractivity contribution is 0.269. The maximum Gasteiger partial charge on any atom is -0.00149 e. The van der Waals surface area contributed by atoms with Gasteiger partial charge in [0.1, 0.15) is 0 Å². The van der Waals surface area contributed by atoms with Crippen LogP contribution in [0, 0.1) is 35.0 Å². The van der Waals surface area contributed by atoms with Crippen LogP contribution >= 0.6 is 0 Å². The monoisotopic (exact) mass is 211 g/mol. The number of nitrogens with two attached hydrogens (primary N) is 1. The van der Waals surface area contributed by atoms with Crippen LogP contribution in [0.2, 0.25) is 0 Å². The topological polar surface area (TPSA) is 26.0 Å². The molecule has 0 saturated heterocycles. The van der Waals surface area contributed by atoms with Gasteiger partial charge in [-0.05, 0) is 48.0 Å².